The second-order valence-electron chi connectivity index (χ2n) is 7.77. The lowest BCUT2D eigenvalue weighted by Gasteiger charge is -2.33. The number of hydrogen-bond acceptors (Lipinski definition) is 5. The van der Waals surface area contributed by atoms with Crippen LogP contribution in [0.15, 0.2) is 52.9 Å². The summed E-state index contributed by atoms with van der Waals surface area (Å²) in [6.07, 6.45) is 1.61. The van der Waals surface area contributed by atoms with E-state index in [0.717, 1.165) is 29.4 Å². The molecule has 2 aromatic carbocycles. The molecule has 0 unspecified atom stereocenters. The minimum atomic E-state index is -0.124. The van der Waals surface area contributed by atoms with E-state index in [9.17, 15) is 4.79 Å². The van der Waals surface area contributed by atoms with Gasteiger partial charge >= 0.3 is 0 Å². The fraction of sp³-hybridized carbons (Fsp3) is 0.375. The van der Waals surface area contributed by atoms with Crippen LogP contribution < -0.4 is 4.74 Å². The van der Waals surface area contributed by atoms with Gasteiger partial charge < -0.3 is 23.5 Å². The molecule has 0 aliphatic carbocycles. The number of nitrogens with zero attached hydrogens (tertiary/aromatic N) is 1. The number of hydrogen-bond donors (Lipinski definition) is 0. The Morgan fingerprint density at radius 2 is 1.77 bits per heavy atom. The van der Waals surface area contributed by atoms with Crippen molar-refractivity contribution in [3.8, 4) is 16.9 Å². The van der Waals surface area contributed by atoms with Gasteiger partial charge in [-0.05, 0) is 30.5 Å². The maximum absolute atomic E-state index is 13.5. The second kappa shape index (κ2) is 8.13. The van der Waals surface area contributed by atoms with Crippen molar-refractivity contribution in [2.24, 2.45) is 5.92 Å². The van der Waals surface area contributed by atoms with Crippen molar-refractivity contribution in [2.75, 3.05) is 33.4 Å². The van der Waals surface area contributed by atoms with E-state index in [1.165, 1.54) is 0 Å². The lowest BCUT2D eigenvalue weighted by atomic mass is 9.95. The van der Waals surface area contributed by atoms with E-state index in [1.807, 2.05) is 53.4 Å². The number of likely N-dealkylation sites (tertiary alicyclic amines) is 1. The van der Waals surface area contributed by atoms with Crippen LogP contribution in [0, 0.1) is 5.92 Å². The van der Waals surface area contributed by atoms with Crippen molar-refractivity contribution >= 4 is 16.9 Å². The Balaban J connectivity index is 1.46. The predicted octanol–water partition coefficient (Wildman–Crippen LogP) is 4.33. The average Bonchev–Trinajstić information content (AvgIpc) is 3.47. The molecule has 2 fully saturated rings. The largest absolute Gasteiger partial charge is 0.497 e. The third-order valence-electron chi connectivity index (χ3n) is 6.01. The minimum Gasteiger partial charge on any atom is -0.497 e. The van der Waals surface area contributed by atoms with E-state index < -0.39 is 0 Å². The lowest BCUT2D eigenvalue weighted by molar-refractivity contribution is -0.0956. The summed E-state index contributed by atoms with van der Waals surface area (Å²) in [7, 11) is 1.62. The first-order chi connectivity index (χ1) is 14.7. The van der Waals surface area contributed by atoms with Gasteiger partial charge in [0.15, 0.2) is 6.29 Å². The summed E-state index contributed by atoms with van der Waals surface area (Å²) in [6.45, 7) is 2.65. The Bertz CT molecular complexity index is 1030. The van der Waals surface area contributed by atoms with Crippen LogP contribution in [0.3, 0.4) is 0 Å². The van der Waals surface area contributed by atoms with Crippen molar-refractivity contribution in [3.05, 3.63) is 54.3 Å². The third-order valence-corrected chi connectivity index (χ3v) is 6.01. The molecule has 0 N–H and O–H groups in total. The Labute approximate surface area is 175 Å². The zero-order valence-electron chi connectivity index (χ0n) is 17.0. The highest BCUT2D eigenvalue weighted by atomic mass is 16.7. The molecule has 30 heavy (non-hydrogen) atoms. The molecular formula is C24H25NO5. The van der Waals surface area contributed by atoms with Crippen molar-refractivity contribution in [1.82, 2.24) is 4.90 Å². The van der Waals surface area contributed by atoms with Crippen LogP contribution >= 0.6 is 0 Å². The molecule has 156 valence electrons. The van der Waals surface area contributed by atoms with E-state index >= 15 is 0 Å². The number of carbonyl (C=O) groups is 1. The normalized spacial score (nSPS) is 18.2. The number of amides is 1. The van der Waals surface area contributed by atoms with Gasteiger partial charge in [0.1, 0.15) is 11.3 Å². The zero-order chi connectivity index (χ0) is 20.5. The van der Waals surface area contributed by atoms with Crippen molar-refractivity contribution in [3.63, 3.8) is 0 Å². The van der Waals surface area contributed by atoms with E-state index in [4.69, 9.17) is 18.6 Å². The maximum atomic E-state index is 13.5. The molecule has 0 spiro atoms. The summed E-state index contributed by atoms with van der Waals surface area (Å²) in [5.41, 5.74) is 2.45. The van der Waals surface area contributed by atoms with Crippen LogP contribution in [-0.4, -0.2) is 50.5 Å². The first-order valence-electron chi connectivity index (χ1n) is 10.4. The number of methoxy groups -OCH3 is 1. The molecule has 3 heterocycles. The SMILES string of the molecule is COc1ccc2c(-c3ccccc3)c(C(=O)N3CCC(C4OCCO4)CC3)oc2c1. The number of furan rings is 1. The summed E-state index contributed by atoms with van der Waals surface area (Å²) in [5.74, 6) is 1.35. The summed E-state index contributed by atoms with van der Waals surface area (Å²) in [4.78, 5) is 15.4. The lowest BCUT2D eigenvalue weighted by Crippen LogP contribution is -2.41. The smallest absolute Gasteiger partial charge is 0.290 e. The molecular weight excluding hydrogens is 382 g/mol. The molecule has 2 aliphatic rings. The van der Waals surface area contributed by atoms with Gasteiger partial charge in [0, 0.05) is 36.0 Å². The van der Waals surface area contributed by atoms with Crippen LogP contribution in [-0.2, 0) is 9.47 Å². The topological polar surface area (TPSA) is 61.1 Å². The third kappa shape index (κ3) is 3.46. The molecule has 5 rings (SSSR count). The van der Waals surface area contributed by atoms with Gasteiger partial charge in [0.25, 0.3) is 5.91 Å². The van der Waals surface area contributed by atoms with Gasteiger partial charge in [0.05, 0.1) is 20.3 Å². The zero-order valence-corrected chi connectivity index (χ0v) is 17.0. The summed E-state index contributed by atoms with van der Waals surface area (Å²) in [6, 6.07) is 15.6. The van der Waals surface area contributed by atoms with Crippen molar-refractivity contribution in [1.29, 1.82) is 0 Å². The standard InChI is InChI=1S/C24H25NO5/c1-27-18-7-8-19-20(15-18)30-22(21(19)16-5-3-2-4-6-16)23(26)25-11-9-17(10-12-25)24-28-13-14-29-24/h2-8,15,17,24H,9-14H2,1H3. The first-order valence-corrected chi connectivity index (χ1v) is 10.4. The number of carbonyl (C=O) groups excluding carboxylic acids is 1. The number of ether oxygens (including phenoxy) is 3. The minimum absolute atomic E-state index is 0.0734. The average molecular weight is 407 g/mol. The molecule has 3 aromatic rings. The highest BCUT2D eigenvalue weighted by molar-refractivity contribution is 6.08. The van der Waals surface area contributed by atoms with E-state index in [-0.39, 0.29) is 12.2 Å². The van der Waals surface area contributed by atoms with Crippen molar-refractivity contribution in [2.45, 2.75) is 19.1 Å². The van der Waals surface area contributed by atoms with Gasteiger partial charge in [0.2, 0.25) is 5.76 Å². The molecule has 1 aromatic heterocycles. The van der Waals surface area contributed by atoms with Gasteiger partial charge in [-0.2, -0.15) is 0 Å². The van der Waals surface area contributed by atoms with E-state index in [1.54, 1.807) is 7.11 Å². The molecule has 0 radical (unpaired) electrons. The molecule has 2 aliphatic heterocycles. The molecule has 1 amide bonds. The maximum Gasteiger partial charge on any atom is 0.290 e. The Morgan fingerprint density at radius 3 is 2.47 bits per heavy atom. The molecule has 0 saturated carbocycles. The van der Waals surface area contributed by atoms with Crippen LogP contribution in [0.25, 0.3) is 22.1 Å². The molecule has 0 atom stereocenters. The number of rotatable bonds is 4. The summed E-state index contributed by atoms with van der Waals surface area (Å²) >= 11 is 0. The van der Waals surface area contributed by atoms with Crippen LogP contribution in [0.2, 0.25) is 0 Å². The molecule has 6 nitrogen and oxygen atoms in total. The fourth-order valence-corrected chi connectivity index (χ4v) is 4.41. The highest BCUT2D eigenvalue weighted by Gasteiger charge is 2.34. The Kier molecular flexibility index (Phi) is 5.19. The number of benzene rings is 2. The monoisotopic (exact) mass is 407 g/mol. The van der Waals surface area contributed by atoms with E-state index in [2.05, 4.69) is 0 Å². The summed E-state index contributed by atoms with van der Waals surface area (Å²) < 4.78 is 22.8. The highest BCUT2D eigenvalue weighted by Crippen LogP contribution is 2.38. The number of fused-ring (bicyclic) bond motifs is 1. The van der Waals surface area contributed by atoms with E-state index in [0.29, 0.717) is 49.3 Å². The summed E-state index contributed by atoms with van der Waals surface area (Å²) in [5, 5.41) is 0.910. The molecule has 2 saturated heterocycles. The molecule has 0 bridgehead atoms. The van der Waals surface area contributed by atoms with Crippen molar-refractivity contribution < 1.29 is 23.4 Å². The predicted molar refractivity (Wildman–Crippen MR) is 113 cm³/mol. The first kappa shape index (κ1) is 19.2. The van der Waals surface area contributed by atoms with Gasteiger partial charge in [-0.3, -0.25) is 4.79 Å². The molecule has 6 heteroatoms. The quantitative estimate of drug-likeness (QED) is 0.644. The number of piperidine rings is 1. The van der Waals surface area contributed by atoms with Gasteiger partial charge in [-0.1, -0.05) is 30.3 Å². The van der Waals surface area contributed by atoms with Crippen LogP contribution in [0.5, 0.6) is 5.75 Å². The van der Waals surface area contributed by atoms with Gasteiger partial charge in [-0.15, -0.1) is 0 Å². The van der Waals surface area contributed by atoms with Crippen LogP contribution in [0.4, 0.5) is 0 Å². The van der Waals surface area contributed by atoms with Crippen LogP contribution in [0.1, 0.15) is 23.4 Å². The Morgan fingerprint density at radius 1 is 1.03 bits per heavy atom. The fourth-order valence-electron chi connectivity index (χ4n) is 4.41. The van der Waals surface area contributed by atoms with Gasteiger partial charge in [-0.25, -0.2) is 0 Å². The second-order valence-corrected chi connectivity index (χ2v) is 7.77. The Hall–Kier alpha value is -2.83.